The fraction of sp³-hybridized carbons (Fsp3) is 0.167. The van der Waals surface area contributed by atoms with E-state index in [1.54, 1.807) is 19.1 Å². The summed E-state index contributed by atoms with van der Waals surface area (Å²) in [5.74, 6) is 0.282. The van der Waals surface area contributed by atoms with E-state index >= 15 is 0 Å². The lowest BCUT2D eigenvalue weighted by molar-refractivity contribution is 0.519. The van der Waals surface area contributed by atoms with Crippen LogP contribution in [0.15, 0.2) is 59.4 Å². The molecule has 0 bridgehead atoms. The average Bonchev–Trinajstić information content (AvgIpc) is 2.64. The van der Waals surface area contributed by atoms with Crippen LogP contribution >= 0.6 is 0 Å². The summed E-state index contributed by atoms with van der Waals surface area (Å²) in [6.07, 6.45) is 0. The average molecular weight is 321 g/mol. The van der Waals surface area contributed by atoms with Crippen LogP contribution in [0.5, 0.6) is 0 Å². The summed E-state index contributed by atoms with van der Waals surface area (Å²) in [5, 5.41) is 4.40. The summed E-state index contributed by atoms with van der Waals surface area (Å²) in [6, 6.07) is 16.7. The molecule has 6 nitrogen and oxygen atoms in total. The summed E-state index contributed by atoms with van der Waals surface area (Å²) in [5.41, 5.74) is 8.37. The van der Waals surface area contributed by atoms with E-state index in [2.05, 4.69) is 15.1 Å². The van der Waals surface area contributed by atoms with Crippen molar-refractivity contribution < 1.29 is 0 Å². The number of nitrogens with zero attached hydrogens (tertiary/aromatic N) is 3. The molecule has 24 heavy (non-hydrogen) atoms. The maximum atomic E-state index is 12.8. The van der Waals surface area contributed by atoms with Crippen LogP contribution in [-0.2, 0) is 0 Å². The first-order valence-corrected chi connectivity index (χ1v) is 7.70. The molecule has 1 unspecified atom stereocenters. The van der Waals surface area contributed by atoms with E-state index in [1.165, 1.54) is 4.68 Å². The number of para-hydroxylation sites is 2. The van der Waals surface area contributed by atoms with Crippen LogP contribution in [0.2, 0.25) is 0 Å². The molecule has 122 valence electrons. The Kier molecular flexibility index (Phi) is 4.29. The van der Waals surface area contributed by atoms with Gasteiger partial charge in [-0.05, 0) is 31.5 Å². The van der Waals surface area contributed by atoms with Gasteiger partial charge in [0, 0.05) is 0 Å². The molecule has 0 saturated heterocycles. The van der Waals surface area contributed by atoms with Gasteiger partial charge in [-0.15, -0.1) is 0 Å². The van der Waals surface area contributed by atoms with Crippen molar-refractivity contribution in [3.63, 3.8) is 0 Å². The molecule has 6 heteroatoms. The fourth-order valence-corrected chi connectivity index (χ4v) is 2.45. The van der Waals surface area contributed by atoms with E-state index in [9.17, 15) is 4.79 Å². The van der Waals surface area contributed by atoms with Crippen LogP contribution in [0.4, 0.5) is 5.82 Å². The Morgan fingerprint density at radius 3 is 2.50 bits per heavy atom. The molecule has 1 aromatic heterocycles. The van der Waals surface area contributed by atoms with Gasteiger partial charge in [-0.2, -0.15) is 5.10 Å². The molecule has 0 aliphatic carbocycles. The maximum absolute atomic E-state index is 12.8. The third-order valence-electron chi connectivity index (χ3n) is 3.87. The standard InChI is InChI=1S/C18H19N5O/c1-12-17(19)20-15-10-6-7-11-16(15)21-18(24)23(22-12)13(2)14-8-4-3-5-9-14/h3-11,13H,1-2H3,(H2,19,20)(H,21,24). The molecule has 1 atom stereocenters. The summed E-state index contributed by atoms with van der Waals surface area (Å²) in [4.78, 5) is 20.0. The summed E-state index contributed by atoms with van der Waals surface area (Å²) < 4.78 is 1.40. The molecule has 0 radical (unpaired) electrons. The number of aromatic amines is 1. The van der Waals surface area contributed by atoms with Gasteiger partial charge in [0.15, 0.2) is 0 Å². The van der Waals surface area contributed by atoms with Crippen LogP contribution in [-0.4, -0.2) is 19.7 Å². The zero-order valence-corrected chi connectivity index (χ0v) is 13.6. The highest BCUT2D eigenvalue weighted by Gasteiger charge is 2.10. The highest BCUT2D eigenvalue weighted by atomic mass is 16.1. The highest BCUT2D eigenvalue weighted by Crippen LogP contribution is 2.15. The number of hydrogen-bond donors (Lipinski definition) is 2. The number of anilines is 1. The predicted octanol–water partition coefficient (Wildman–Crippen LogP) is 2.74. The second-order valence-electron chi connectivity index (χ2n) is 5.56. The number of H-pyrrole nitrogens is 1. The van der Waals surface area contributed by atoms with E-state index in [1.807, 2.05) is 49.4 Å². The van der Waals surface area contributed by atoms with Crippen molar-refractivity contribution in [2.75, 3.05) is 5.73 Å². The number of aryl methyl sites for hydroxylation is 1. The van der Waals surface area contributed by atoms with Crippen molar-refractivity contribution in [1.29, 1.82) is 0 Å². The second kappa shape index (κ2) is 6.54. The zero-order chi connectivity index (χ0) is 17.1. The van der Waals surface area contributed by atoms with Crippen molar-refractivity contribution in [1.82, 2.24) is 19.7 Å². The molecule has 0 spiro atoms. The van der Waals surface area contributed by atoms with Gasteiger partial charge in [0.25, 0.3) is 0 Å². The van der Waals surface area contributed by atoms with Gasteiger partial charge >= 0.3 is 5.69 Å². The van der Waals surface area contributed by atoms with Crippen molar-refractivity contribution in [3.05, 3.63) is 76.3 Å². The Labute approximate surface area is 139 Å². The Morgan fingerprint density at radius 2 is 1.75 bits per heavy atom. The molecular weight excluding hydrogens is 302 g/mol. The first kappa shape index (κ1) is 15.7. The molecule has 0 fully saturated rings. The van der Waals surface area contributed by atoms with Gasteiger partial charge in [-0.1, -0.05) is 42.5 Å². The molecule has 1 heterocycles. The van der Waals surface area contributed by atoms with E-state index in [0.717, 1.165) is 5.56 Å². The minimum absolute atomic E-state index is 0.251. The van der Waals surface area contributed by atoms with E-state index in [4.69, 9.17) is 5.73 Å². The van der Waals surface area contributed by atoms with Crippen LogP contribution in [0.25, 0.3) is 11.0 Å². The van der Waals surface area contributed by atoms with Gasteiger partial charge in [0.2, 0.25) is 0 Å². The van der Waals surface area contributed by atoms with Crippen LogP contribution in [0.1, 0.15) is 24.2 Å². The Morgan fingerprint density at radius 1 is 1.08 bits per heavy atom. The maximum Gasteiger partial charge on any atom is 0.342 e. The number of nitrogens with two attached hydrogens (primary N) is 1. The Balaban J connectivity index is 2.34. The summed E-state index contributed by atoms with van der Waals surface area (Å²) >= 11 is 0. The molecule has 0 aliphatic rings. The molecule has 3 aromatic rings. The third kappa shape index (κ3) is 3.12. The van der Waals surface area contributed by atoms with Crippen LogP contribution in [0.3, 0.4) is 0 Å². The van der Waals surface area contributed by atoms with Crippen molar-refractivity contribution in [3.8, 4) is 0 Å². The van der Waals surface area contributed by atoms with Gasteiger partial charge in [-0.25, -0.2) is 14.5 Å². The molecule has 3 rings (SSSR count). The van der Waals surface area contributed by atoms with E-state index < -0.39 is 0 Å². The third-order valence-corrected chi connectivity index (χ3v) is 3.87. The van der Waals surface area contributed by atoms with Crippen molar-refractivity contribution in [2.45, 2.75) is 19.9 Å². The van der Waals surface area contributed by atoms with Crippen LogP contribution < -0.4 is 11.4 Å². The minimum Gasteiger partial charge on any atom is -0.382 e. The fourth-order valence-electron chi connectivity index (χ4n) is 2.45. The SMILES string of the molecule is Cc1nn(C(C)c2ccccc2)c(=O)[nH]c2ccccc2nc1N. The molecule has 0 aliphatic heterocycles. The molecule has 3 N–H and O–H groups in total. The monoisotopic (exact) mass is 321 g/mol. The largest absolute Gasteiger partial charge is 0.382 e. The summed E-state index contributed by atoms with van der Waals surface area (Å²) in [6.45, 7) is 3.66. The number of nitrogens with one attached hydrogen (secondary N) is 1. The summed E-state index contributed by atoms with van der Waals surface area (Å²) in [7, 11) is 0. The number of fused-ring (bicyclic) bond motifs is 1. The lowest BCUT2D eigenvalue weighted by Crippen LogP contribution is -2.27. The second-order valence-corrected chi connectivity index (χ2v) is 5.56. The van der Waals surface area contributed by atoms with Gasteiger partial charge in [0.1, 0.15) is 11.5 Å². The smallest absolute Gasteiger partial charge is 0.342 e. The number of nitrogen functional groups attached to an aromatic ring is 1. The number of benzene rings is 2. The quantitative estimate of drug-likeness (QED) is 0.759. The van der Waals surface area contributed by atoms with Gasteiger partial charge in [0.05, 0.1) is 17.1 Å². The van der Waals surface area contributed by atoms with Crippen molar-refractivity contribution >= 4 is 16.9 Å². The number of rotatable bonds is 2. The Hall–Kier alpha value is -3.15. The van der Waals surface area contributed by atoms with E-state index in [-0.39, 0.29) is 17.5 Å². The molecule has 0 saturated carbocycles. The number of aromatic nitrogens is 4. The lowest BCUT2D eigenvalue weighted by Gasteiger charge is -2.12. The minimum atomic E-state index is -0.331. The van der Waals surface area contributed by atoms with Gasteiger partial charge < -0.3 is 10.7 Å². The normalized spacial score (nSPS) is 11.9. The van der Waals surface area contributed by atoms with Crippen molar-refractivity contribution in [2.24, 2.45) is 0 Å². The molecule has 0 amide bonds. The Bertz CT molecular complexity index is 974. The van der Waals surface area contributed by atoms with E-state index in [0.29, 0.717) is 16.7 Å². The number of hydrogen-bond acceptors (Lipinski definition) is 4. The predicted molar refractivity (Wildman–Crippen MR) is 95.2 cm³/mol. The molecule has 2 aromatic carbocycles. The van der Waals surface area contributed by atoms with Gasteiger partial charge in [-0.3, -0.25) is 0 Å². The van der Waals surface area contributed by atoms with Crippen LogP contribution in [0, 0.1) is 6.92 Å². The zero-order valence-electron chi connectivity index (χ0n) is 13.6. The lowest BCUT2D eigenvalue weighted by atomic mass is 10.1. The highest BCUT2D eigenvalue weighted by molar-refractivity contribution is 5.73. The topological polar surface area (TPSA) is 89.6 Å². The first-order valence-electron chi connectivity index (χ1n) is 7.70. The first-order chi connectivity index (χ1) is 11.6. The molecular formula is C18H19N5O.